The molecule has 1 N–H and O–H groups in total. The Labute approximate surface area is 190 Å². The van der Waals surface area contributed by atoms with E-state index in [0.717, 1.165) is 29.0 Å². The molecule has 0 bridgehead atoms. The van der Waals surface area contributed by atoms with E-state index >= 15 is 0 Å². The predicted octanol–water partition coefficient (Wildman–Crippen LogP) is 6.60. The highest BCUT2D eigenvalue weighted by molar-refractivity contribution is 5.68. The minimum atomic E-state index is -4.40. The first-order chi connectivity index (χ1) is 15.5. The van der Waals surface area contributed by atoms with Gasteiger partial charge < -0.3 is 14.3 Å². The molecular formula is C25H26F3NO4. The van der Waals surface area contributed by atoms with Gasteiger partial charge in [-0.25, -0.2) is 9.78 Å². The van der Waals surface area contributed by atoms with Crippen LogP contribution in [0.2, 0.25) is 0 Å². The van der Waals surface area contributed by atoms with Crippen LogP contribution in [0.1, 0.15) is 60.8 Å². The van der Waals surface area contributed by atoms with Crippen molar-refractivity contribution in [1.29, 1.82) is 0 Å². The van der Waals surface area contributed by atoms with E-state index in [-0.39, 0.29) is 11.8 Å². The van der Waals surface area contributed by atoms with Crippen LogP contribution in [-0.2, 0) is 17.4 Å². The van der Waals surface area contributed by atoms with E-state index in [1.807, 2.05) is 39.8 Å². The number of hydrogen-bond acceptors (Lipinski definition) is 4. The molecule has 8 heteroatoms. The summed E-state index contributed by atoms with van der Waals surface area (Å²) in [6.07, 6.45) is -3.76. The Bertz CT molecular complexity index is 1120. The molecule has 1 atom stereocenters. The number of carbonyl (C=O) groups is 1. The van der Waals surface area contributed by atoms with E-state index in [9.17, 15) is 18.0 Å². The lowest BCUT2D eigenvalue weighted by Gasteiger charge is -2.14. The first-order valence-electron chi connectivity index (χ1n) is 10.6. The number of halogens is 3. The fourth-order valence-electron chi connectivity index (χ4n) is 3.62. The number of aromatic nitrogens is 1. The van der Waals surface area contributed by atoms with Crippen LogP contribution in [0.25, 0.3) is 11.5 Å². The molecule has 0 aliphatic heterocycles. The maximum Gasteiger partial charge on any atom is 0.416 e. The van der Waals surface area contributed by atoms with Gasteiger partial charge in [0.05, 0.1) is 11.3 Å². The lowest BCUT2D eigenvalue weighted by molar-refractivity contribution is -0.139. The summed E-state index contributed by atoms with van der Waals surface area (Å²) in [5.74, 6) is 0.501. The molecule has 1 heterocycles. The Hall–Kier alpha value is -3.29. The highest BCUT2D eigenvalue weighted by atomic mass is 19.4. The van der Waals surface area contributed by atoms with Gasteiger partial charge >= 0.3 is 12.1 Å². The number of oxazole rings is 1. The molecule has 3 rings (SSSR count). The topological polar surface area (TPSA) is 72.6 Å². The molecule has 33 heavy (non-hydrogen) atoms. The van der Waals surface area contributed by atoms with Gasteiger partial charge in [-0.3, -0.25) is 0 Å². The van der Waals surface area contributed by atoms with Crippen LogP contribution >= 0.6 is 0 Å². The molecule has 1 aromatic heterocycles. The van der Waals surface area contributed by atoms with E-state index in [0.29, 0.717) is 29.4 Å². The number of alkyl halides is 3. The van der Waals surface area contributed by atoms with Crippen LogP contribution in [0.5, 0.6) is 5.75 Å². The van der Waals surface area contributed by atoms with Gasteiger partial charge in [0, 0.05) is 11.5 Å². The molecule has 0 aliphatic carbocycles. The van der Waals surface area contributed by atoms with E-state index < -0.39 is 24.3 Å². The zero-order valence-corrected chi connectivity index (χ0v) is 18.9. The highest BCUT2D eigenvalue weighted by Crippen LogP contribution is 2.35. The maximum atomic E-state index is 12.9. The SMILES string of the molecule is Cc1cc(CC(C)c2oc(-c3ccc(C(F)(F)F)cc3)nc2C(C)C)ccc1OCC(=O)O. The number of nitrogens with zero attached hydrogens (tertiary/aromatic N) is 1. The summed E-state index contributed by atoms with van der Waals surface area (Å²) in [5.41, 5.74) is 2.38. The second kappa shape index (κ2) is 9.68. The predicted molar refractivity (Wildman–Crippen MR) is 117 cm³/mol. The molecule has 176 valence electrons. The van der Waals surface area contributed by atoms with Gasteiger partial charge in [-0.1, -0.05) is 32.9 Å². The summed E-state index contributed by atoms with van der Waals surface area (Å²) in [7, 11) is 0. The molecule has 3 aromatic rings. The molecule has 0 saturated carbocycles. The third-order valence-electron chi connectivity index (χ3n) is 5.27. The summed E-state index contributed by atoms with van der Waals surface area (Å²) >= 11 is 0. The normalized spacial score (nSPS) is 12.7. The quantitative estimate of drug-likeness (QED) is 0.409. The van der Waals surface area contributed by atoms with Crippen molar-refractivity contribution in [3.8, 4) is 17.2 Å². The molecule has 0 saturated heterocycles. The second-order valence-corrected chi connectivity index (χ2v) is 8.39. The lowest BCUT2D eigenvalue weighted by Crippen LogP contribution is -2.10. The van der Waals surface area contributed by atoms with Crippen LogP contribution in [0.15, 0.2) is 46.9 Å². The second-order valence-electron chi connectivity index (χ2n) is 8.39. The minimum Gasteiger partial charge on any atom is -0.482 e. The number of rotatable bonds is 8. The Kier molecular flexibility index (Phi) is 7.15. The summed E-state index contributed by atoms with van der Waals surface area (Å²) < 4.78 is 49.9. The maximum absolute atomic E-state index is 12.9. The van der Waals surface area contributed by atoms with Crippen LogP contribution in [0.3, 0.4) is 0 Å². The molecule has 0 aliphatic rings. The lowest BCUT2D eigenvalue weighted by atomic mass is 9.94. The molecule has 0 radical (unpaired) electrons. The largest absolute Gasteiger partial charge is 0.482 e. The zero-order chi connectivity index (χ0) is 24.3. The Morgan fingerprint density at radius 1 is 1.12 bits per heavy atom. The Morgan fingerprint density at radius 2 is 1.79 bits per heavy atom. The van der Waals surface area contributed by atoms with Gasteiger partial charge in [-0.2, -0.15) is 13.2 Å². The van der Waals surface area contributed by atoms with E-state index in [1.165, 1.54) is 12.1 Å². The van der Waals surface area contributed by atoms with Gasteiger partial charge in [-0.15, -0.1) is 0 Å². The van der Waals surface area contributed by atoms with Crippen LogP contribution < -0.4 is 4.74 Å². The fraction of sp³-hybridized carbons (Fsp3) is 0.360. The van der Waals surface area contributed by atoms with Gasteiger partial charge in [0.25, 0.3) is 0 Å². The standard InChI is InChI=1S/C25H26F3NO4/c1-14(2)22-23(33-24(29-22)18-6-8-19(9-7-18)25(26,27)28)16(4)12-17-5-10-20(15(3)11-17)32-13-21(30)31/h5-11,14,16H,12-13H2,1-4H3,(H,30,31). The van der Waals surface area contributed by atoms with Crippen LogP contribution in [0.4, 0.5) is 13.2 Å². The Balaban J connectivity index is 1.83. The molecule has 1 unspecified atom stereocenters. The van der Waals surface area contributed by atoms with Crippen molar-refractivity contribution in [2.24, 2.45) is 0 Å². The number of ether oxygens (including phenoxy) is 1. The van der Waals surface area contributed by atoms with E-state index in [1.54, 1.807) is 6.07 Å². The third kappa shape index (κ3) is 5.94. The average molecular weight is 461 g/mol. The van der Waals surface area contributed by atoms with Gasteiger partial charge in [0.2, 0.25) is 5.89 Å². The smallest absolute Gasteiger partial charge is 0.416 e. The third-order valence-corrected chi connectivity index (χ3v) is 5.27. The summed E-state index contributed by atoms with van der Waals surface area (Å²) in [6.45, 7) is 7.43. The molecule has 5 nitrogen and oxygen atoms in total. The number of benzene rings is 2. The number of aryl methyl sites for hydroxylation is 1. The van der Waals surface area contributed by atoms with E-state index in [4.69, 9.17) is 14.3 Å². The van der Waals surface area contributed by atoms with Gasteiger partial charge in [-0.05, 0) is 60.7 Å². The van der Waals surface area contributed by atoms with Crippen molar-refractivity contribution in [2.75, 3.05) is 6.61 Å². The summed E-state index contributed by atoms with van der Waals surface area (Å²) in [5, 5.41) is 8.78. The fourth-order valence-corrected chi connectivity index (χ4v) is 3.62. The minimum absolute atomic E-state index is 0.0386. The molecule has 0 amide bonds. The first-order valence-corrected chi connectivity index (χ1v) is 10.6. The summed E-state index contributed by atoms with van der Waals surface area (Å²) in [4.78, 5) is 15.3. The van der Waals surface area contributed by atoms with Crippen LogP contribution in [-0.4, -0.2) is 22.7 Å². The zero-order valence-electron chi connectivity index (χ0n) is 18.9. The molecule has 0 spiro atoms. The number of carboxylic acid groups (broad SMARTS) is 1. The van der Waals surface area contributed by atoms with Crippen LogP contribution in [0, 0.1) is 6.92 Å². The van der Waals surface area contributed by atoms with Crippen molar-refractivity contribution in [2.45, 2.75) is 52.1 Å². The van der Waals surface area contributed by atoms with Crippen molar-refractivity contribution in [3.05, 3.63) is 70.6 Å². The van der Waals surface area contributed by atoms with Crippen molar-refractivity contribution < 1.29 is 32.2 Å². The summed E-state index contributed by atoms with van der Waals surface area (Å²) in [6, 6.07) is 10.3. The van der Waals surface area contributed by atoms with Crippen molar-refractivity contribution >= 4 is 5.97 Å². The average Bonchev–Trinajstić information content (AvgIpc) is 3.18. The molecular weight excluding hydrogens is 435 g/mol. The number of carboxylic acids is 1. The highest BCUT2D eigenvalue weighted by Gasteiger charge is 2.30. The monoisotopic (exact) mass is 461 g/mol. The Morgan fingerprint density at radius 3 is 2.33 bits per heavy atom. The van der Waals surface area contributed by atoms with Gasteiger partial charge in [0.1, 0.15) is 11.5 Å². The number of aliphatic carboxylic acids is 1. The van der Waals surface area contributed by atoms with E-state index in [2.05, 4.69) is 4.98 Å². The molecule has 0 fully saturated rings. The van der Waals surface area contributed by atoms with Gasteiger partial charge in [0.15, 0.2) is 6.61 Å². The van der Waals surface area contributed by atoms with Crippen molar-refractivity contribution in [3.63, 3.8) is 0 Å². The number of hydrogen-bond donors (Lipinski definition) is 1. The molecule has 2 aromatic carbocycles. The first kappa shape index (κ1) is 24.4. The van der Waals surface area contributed by atoms with Crippen molar-refractivity contribution in [1.82, 2.24) is 4.98 Å².